The van der Waals surface area contributed by atoms with Gasteiger partial charge in [-0.3, -0.25) is 10.1 Å². The van der Waals surface area contributed by atoms with E-state index in [1.54, 1.807) is 6.20 Å². The fourth-order valence-electron chi connectivity index (χ4n) is 1.14. The molecule has 2 aromatic rings. The Morgan fingerprint density at radius 2 is 2.07 bits per heavy atom. The molecule has 2 heterocycles. The summed E-state index contributed by atoms with van der Waals surface area (Å²) >= 11 is 3.41. The molecule has 14 heavy (non-hydrogen) atoms. The monoisotopic (exact) mass is 251 g/mol. The van der Waals surface area contributed by atoms with Crippen LogP contribution in [0.15, 0.2) is 41.3 Å². The number of nitrogens with one attached hydrogen (secondary N) is 1. The van der Waals surface area contributed by atoms with Gasteiger partial charge in [0.25, 0.3) is 0 Å². The van der Waals surface area contributed by atoms with Crippen molar-refractivity contribution in [1.82, 2.24) is 9.66 Å². The summed E-state index contributed by atoms with van der Waals surface area (Å²) in [7, 11) is 0. The van der Waals surface area contributed by atoms with Crippen LogP contribution >= 0.6 is 15.9 Å². The van der Waals surface area contributed by atoms with Crippen LogP contribution in [0.4, 0.5) is 5.82 Å². The maximum Gasteiger partial charge on any atom is 0.145 e. The highest BCUT2D eigenvalue weighted by molar-refractivity contribution is 9.10. The molecule has 0 aliphatic carbocycles. The molecule has 0 atom stereocenters. The van der Waals surface area contributed by atoms with E-state index in [0.29, 0.717) is 0 Å². The lowest BCUT2D eigenvalue weighted by atomic mass is 10.3. The van der Waals surface area contributed by atoms with E-state index in [4.69, 9.17) is 0 Å². The molecule has 0 aromatic carbocycles. The summed E-state index contributed by atoms with van der Waals surface area (Å²) < 4.78 is 2.88. The van der Waals surface area contributed by atoms with Crippen LogP contribution in [0.5, 0.6) is 0 Å². The van der Waals surface area contributed by atoms with Gasteiger partial charge in [-0.15, -0.1) is 0 Å². The average Bonchev–Trinajstić information content (AvgIpc) is 2.64. The van der Waals surface area contributed by atoms with Gasteiger partial charge in [-0.05, 0) is 46.6 Å². The van der Waals surface area contributed by atoms with Gasteiger partial charge in [0.1, 0.15) is 5.82 Å². The van der Waals surface area contributed by atoms with Crippen LogP contribution in [0.25, 0.3) is 0 Å². The number of nitrogens with zero attached hydrogens (tertiary/aromatic N) is 2. The molecule has 3 nitrogen and oxygen atoms in total. The maximum absolute atomic E-state index is 4.24. The molecule has 4 heteroatoms. The van der Waals surface area contributed by atoms with E-state index in [0.717, 1.165) is 15.9 Å². The zero-order valence-corrected chi connectivity index (χ0v) is 9.32. The van der Waals surface area contributed by atoms with Gasteiger partial charge in [-0.25, -0.2) is 4.98 Å². The zero-order chi connectivity index (χ0) is 9.97. The molecule has 0 amide bonds. The Morgan fingerprint density at radius 3 is 2.71 bits per heavy atom. The summed E-state index contributed by atoms with van der Waals surface area (Å²) in [5.41, 5.74) is 4.30. The van der Waals surface area contributed by atoms with Gasteiger partial charge in [0.15, 0.2) is 0 Å². The molecular formula is C10H10BrN3. The van der Waals surface area contributed by atoms with Gasteiger partial charge >= 0.3 is 0 Å². The number of aryl methyl sites for hydroxylation is 1. The second-order valence-corrected chi connectivity index (χ2v) is 3.88. The summed E-state index contributed by atoms with van der Waals surface area (Å²) in [6.45, 7) is 2.03. The number of hydrogen-bond donors (Lipinski definition) is 1. The van der Waals surface area contributed by atoms with E-state index >= 15 is 0 Å². The highest BCUT2D eigenvalue weighted by Gasteiger charge is 1.97. The number of rotatable bonds is 2. The lowest BCUT2D eigenvalue weighted by Crippen LogP contribution is -2.07. The Bertz CT molecular complexity index is 423. The lowest BCUT2D eigenvalue weighted by Gasteiger charge is -2.07. The summed E-state index contributed by atoms with van der Waals surface area (Å²) in [6.07, 6.45) is 5.65. The summed E-state index contributed by atoms with van der Waals surface area (Å²) in [6, 6.07) is 5.90. The first-order chi connectivity index (χ1) is 6.75. The van der Waals surface area contributed by atoms with E-state index in [1.165, 1.54) is 0 Å². The Kier molecular flexibility index (Phi) is 2.54. The van der Waals surface area contributed by atoms with E-state index in [1.807, 2.05) is 42.2 Å². The van der Waals surface area contributed by atoms with E-state index in [-0.39, 0.29) is 0 Å². The molecule has 2 aromatic heterocycles. The quantitative estimate of drug-likeness (QED) is 0.890. The molecule has 0 bridgehead atoms. The second kappa shape index (κ2) is 3.84. The summed E-state index contributed by atoms with van der Waals surface area (Å²) in [5.74, 6) is 0.835. The molecule has 1 N–H and O–H groups in total. The Hall–Kier alpha value is -1.29. The van der Waals surface area contributed by atoms with Crippen molar-refractivity contribution >= 4 is 21.7 Å². The largest absolute Gasteiger partial charge is 0.278 e. The van der Waals surface area contributed by atoms with Gasteiger partial charge in [0, 0.05) is 23.1 Å². The van der Waals surface area contributed by atoms with Crippen LogP contribution in [-0.2, 0) is 0 Å². The van der Waals surface area contributed by atoms with Crippen molar-refractivity contribution in [1.29, 1.82) is 0 Å². The lowest BCUT2D eigenvalue weighted by molar-refractivity contribution is 0.950. The highest BCUT2D eigenvalue weighted by Crippen LogP contribution is 2.17. The van der Waals surface area contributed by atoms with Crippen molar-refractivity contribution in [2.45, 2.75) is 6.92 Å². The maximum atomic E-state index is 4.24. The average molecular weight is 252 g/mol. The minimum Gasteiger partial charge on any atom is -0.278 e. The van der Waals surface area contributed by atoms with Crippen LogP contribution in [0.3, 0.4) is 0 Å². The van der Waals surface area contributed by atoms with Crippen LogP contribution in [0.1, 0.15) is 5.56 Å². The number of hydrogen-bond acceptors (Lipinski definition) is 2. The molecule has 0 fully saturated rings. The molecular weight excluding hydrogens is 242 g/mol. The highest BCUT2D eigenvalue weighted by atomic mass is 79.9. The van der Waals surface area contributed by atoms with Crippen LogP contribution in [-0.4, -0.2) is 9.66 Å². The van der Waals surface area contributed by atoms with Gasteiger partial charge in [-0.2, -0.15) is 0 Å². The SMILES string of the molecule is Cc1cc(Nn2cccc2)ncc1Br. The molecule has 0 spiro atoms. The van der Waals surface area contributed by atoms with Crippen molar-refractivity contribution in [2.24, 2.45) is 0 Å². The van der Waals surface area contributed by atoms with Crippen molar-refractivity contribution in [3.63, 3.8) is 0 Å². The van der Waals surface area contributed by atoms with Gasteiger partial charge in [0.2, 0.25) is 0 Å². The topological polar surface area (TPSA) is 29.9 Å². The van der Waals surface area contributed by atoms with E-state index < -0.39 is 0 Å². The Balaban J connectivity index is 2.22. The predicted molar refractivity (Wildman–Crippen MR) is 60.1 cm³/mol. The number of anilines is 1. The Labute approximate surface area is 90.9 Å². The molecule has 72 valence electrons. The van der Waals surface area contributed by atoms with Crippen molar-refractivity contribution in [3.05, 3.63) is 46.8 Å². The van der Waals surface area contributed by atoms with Crippen LogP contribution in [0.2, 0.25) is 0 Å². The van der Waals surface area contributed by atoms with E-state index in [9.17, 15) is 0 Å². The number of aromatic nitrogens is 2. The minimum absolute atomic E-state index is 0.835. The normalized spacial score (nSPS) is 10.1. The van der Waals surface area contributed by atoms with Crippen molar-refractivity contribution in [2.75, 3.05) is 5.43 Å². The smallest absolute Gasteiger partial charge is 0.145 e. The Morgan fingerprint density at radius 1 is 1.36 bits per heavy atom. The molecule has 0 radical (unpaired) electrons. The fraction of sp³-hybridized carbons (Fsp3) is 0.100. The van der Waals surface area contributed by atoms with Crippen molar-refractivity contribution < 1.29 is 0 Å². The standard InChI is InChI=1S/C10H10BrN3/c1-8-6-10(12-7-9(8)11)13-14-4-2-3-5-14/h2-7H,1H3,(H,12,13). The van der Waals surface area contributed by atoms with Gasteiger partial charge in [-0.1, -0.05) is 0 Å². The fourth-order valence-corrected chi connectivity index (χ4v) is 1.36. The predicted octanol–water partition coefficient (Wildman–Crippen LogP) is 2.83. The third-order valence-corrected chi connectivity index (χ3v) is 2.73. The van der Waals surface area contributed by atoms with Crippen LogP contribution in [0, 0.1) is 6.92 Å². The first-order valence-electron chi connectivity index (χ1n) is 4.28. The minimum atomic E-state index is 0.835. The third kappa shape index (κ3) is 1.96. The third-order valence-electron chi connectivity index (χ3n) is 1.90. The molecule has 0 aliphatic rings. The molecule has 0 saturated heterocycles. The molecule has 0 saturated carbocycles. The second-order valence-electron chi connectivity index (χ2n) is 3.02. The molecule has 2 rings (SSSR count). The molecule has 0 aliphatic heterocycles. The number of halogens is 1. The summed E-state index contributed by atoms with van der Waals surface area (Å²) in [5, 5.41) is 0. The van der Waals surface area contributed by atoms with Gasteiger partial charge < -0.3 is 0 Å². The van der Waals surface area contributed by atoms with Crippen LogP contribution < -0.4 is 5.43 Å². The van der Waals surface area contributed by atoms with Gasteiger partial charge in [0.05, 0.1) is 0 Å². The summed E-state index contributed by atoms with van der Waals surface area (Å²) in [4.78, 5) is 4.24. The zero-order valence-electron chi connectivity index (χ0n) is 7.74. The first-order valence-corrected chi connectivity index (χ1v) is 5.07. The van der Waals surface area contributed by atoms with E-state index in [2.05, 4.69) is 26.3 Å². The molecule has 0 unspecified atom stereocenters. The van der Waals surface area contributed by atoms with Crippen molar-refractivity contribution in [3.8, 4) is 0 Å². The first kappa shape index (κ1) is 9.27. The number of pyridine rings is 1.